The largest absolute Gasteiger partial charge is 0.378 e. The van der Waals surface area contributed by atoms with Gasteiger partial charge in [0, 0.05) is 29.9 Å². The molecular weight excluding hydrogens is 328 g/mol. The number of ether oxygens (including phenoxy) is 1. The zero-order valence-electron chi connectivity index (χ0n) is 12.9. The van der Waals surface area contributed by atoms with Crippen molar-refractivity contribution >= 4 is 23.2 Å². The van der Waals surface area contributed by atoms with Crippen LogP contribution in [0.2, 0.25) is 5.02 Å². The van der Waals surface area contributed by atoms with Crippen LogP contribution in [-0.2, 0) is 4.74 Å². The minimum atomic E-state index is -0.0611. The number of nitrogens with zero attached hydrogens (tertiary/aromatic N) is 4. The molecule has 3 aromatic rings. The molecule has 1 aromatic carbocycles. The molecule has 3 heterocycles. The summed E-state index contributed by atoms with van der Waals surface area (Å²) >= 11 is 5.95. The number of morpholine rings is 1. The van der Waals surface area contributed by atoms with Crippen molar-refractivity contribution in [3.05, 3.63) is 53.3 Å². The fourth-order valence-corrected chi connectivity index (χ4v) is 2.94. The monoisotopic (exact) mass is 342 g/mol. The highest BCUT2D eigenvalue weighted by atomic mass is 35.5. The molecule has 1 fully saturated rings. The summed E-state index contributed by atoms with van der Waals surface area (Å²) in [6, 6.07) is 9.36. The Morgan fingerprint density at radius 3 is 2.62 bits per heavy atom. The first-order chi connectivity index (χ1) is 11.7. The number of hydrogen-bond acceptors (Lipinski definition) is 4. The van der Waals surface area contributed by atoms with E-state index in [0.29, 0.717) is 42.5 Å². The Labute approximate surface area is 143 Å². The molecular formula is C17H15ClN4O2. The van der Waals surface area contributed by atoms with Crippen LogP contribution in [-0.4, -0.2) is 51.7 Å². The SMILES string of the molecule is O=C(c1cnn2c(-c3ccc(Cl)cc3)ccnc12)N1CCOCC1. The Bertz CT molecular complexity index is 885. The van der Waals surface area contributed by atoms with Gasteiger partial charge in [-0.2, -0.15) is 5.10 Å². The number of fused-ring (bicyclic) bond motifs is 1. The summed E-state index contributed by atoms with van der Waals surface area (Å²) < 4.78 is 6.99. The molecule has 0 unspecified atom stereocenters. The van der Waals surface area contributed by atoms with Gasteiger partial charge in [-0.15, -0.1) is 0 Å². The van der Waals surface area contributed by atoms with Gasteiger partial charge in [0.25, 0.3) is 5.91 Å². The Balaban J connectivity index is 1.76. The van der Waals surface area contributed by atoms with E-state index in [1.54, 1.807) is 21.8 Å². The van der Waals surface area contributed by atoms with Crippen LogP contribution in [0.4, 0.5) is 0 Å². The molecule has 0 saturated carbocycles. The first kappa shape index (κ1) is 15.1. The van der Waals surface area contributed by atoms with Crippen LogP contribution in [0, 0.1) is 0 Å². The standard InChI is InChI=1S/C17H15ClN4O2/c18-13-3-1-12(2-4-13)15-5-6-19-16-14(11-20-22(15)16)17(23)21-7-9-24-10-8-21/h1-6,11H,7-10H2. The molecule has 6 nitrogen and oxygen atoms in total. The summed E-state index contributed by atoms with van der Waals surface area (Å²) in [5, 5.41) is 5.05. The number of rotatable bonds is 2. The molecule has 0 atom stereocenters. The lowest BCUT2D eigenvalue weighted by Crippen LogP contribution is -2.40. The number of hydrogen-bond donors (Lipinski definition) is 0. The van der Waals surface area contributed by atoms with E-state index >= 15 is 0 Å². The van der Waals surface area contributed by atoms with Crippen molar-refractivity contribution in [1.82, 2.24) is 19.5 Å². The second kappa shape index (κ2) is 6.22. The lowest BCUT2D eigenvalue weighted by Gasteiger charge is -2.26. The molecule has 1 aliphatic heterocycles. The average Bonchev–Trinajstić information content (AvgIpc) is 3.07. The average molecular weight is 343 g/mol. The normalized spacial score (nSPS) is 15.0. The van der Waals surface area contributed by atoms with Crippen LogP contribution >= 0.6 is 11.6 Å². The molecule has 1 amide bonds. The molecule has 0 bridgehead atoms. The predicted molar refractivity (Wildman–Crippen MR) is 90.2 cm³/mol. The van der Waals surface area contributed by atoms with E-state index in [2.05, 4.69) is 10.1 Å². The van der Waals surface area contributed by atoms with Crippen molar-refractivity contribution in [2.45, 2.75) is 0 Å². The molecule has 1 aliphatic rings. The molecule has 0 spiro atoms. The van der Waals surface area contributed by atoms with Gasteiger partial charge in [0.15, 0.2) is 5.65 Å². The molecule has 122 valence electrons. The van der Waals surface area contributed by atoms with Crippen LogP contribution in [0.5, 0.6) is 0 Å². The number of carbonyl (C=O) groups is 1. The highest BCUT2D eigenvalue weighted by Crippen LogP contribution is 2.23. The van der Waals surface area contributed by atoms with Gasteiger partial charge in [0.05, 0.1) is 25.1 Å². The molecule has 0 N–H and O–H groups in total. The van der Waals surface area contributed by atoms with E-state index in [1.807, 2.05) is 30.3 Å². The third kappa shape index (κ3) is 2.64. The zero-order valence-corrected chi connectivity index (χ0v) is 13.6. The number of halogens is 1. The van der Waals surface area contributed by atoms with Gasteiger partial charge in [-0.3, -0.25) is 4.79 Å². The second-order valence-corrected chi connectivity index (χ2v) is 5.97. The Hall–Kier alpha value is -2.44. The van der Waals surface area contributed by atoms with Gasteiger partial charge in [0.1, 0.15) is 5.56 Å². The first-order valence-corrected chi connectivity index (χ1v) is 8.07. The molecule has 7 heteroatoms. The number of benzene rings is 1. The maximum absolute atomic E-state index is 12.7. The fraction of sp³-hybridized carbons (Fsp3) is 0.235. The number of amides is 1. The maximum atomic E-state index is 12.7. The van der Waals surface area contributed by atoms with Gasteiger partial charge in [0.2, 0.25) is 0 Å². The summed E-state index contributed by atoms with van der Waals surface area (Å²) in [4.78, 5) is 18.9. The topological polar surface area (TPSA) is 59.7 Å². The molecule has 4 rings (SSSR count). The van der Waals surface area contributed by atoms with Crippen LogP contribution in [0.3, 0.4) is 0 Å². The maximum Gasteiger partial charge on any atom is 0.259 e. The Morgan fingerprint density at radius 1 is 1.12 bits per heavy atom. The van der Waals surface area contributed by atoms with Crippen molar-refractivity contribution < 1.29 is 9.53 Å². The number of carbonyl (C=O) groups excluding carboxylic acids is 1. The third-order valence-corrected chi connectivity index (χ3v) is 4.32. The van der Waals surface area contributed by atoms with E-state index in [1.165, 1.54) is 0 Å². The van der Waals surface area contributed by atoms with Crippen molar-refractivity contribution in [3.63, 3.8) is 0 Å². The minimum absolute atomic E-state index is 0.0611. The first-order valence-electron chi connectivity index (χ1n) is 7.70. The summed E-state index contributed by atoms with van der Waals surface area (Å²) in [5.74, 6) is -0.0611. The van der Waals surface area contributed by atoms with Gasteiger partial charge in [-0.05, 0) is 18.2 Å². The highest BCUT2D eigenvalue weighted by molar-refractivity contribution is 6.30. The second-order valence-electron chi connectivity index (χ2n) is 5.54. The molecule has 0 radical (unpaired) electrons. The number of aromatic nitrogens is 3. The molecule has 1 saturated heterocycles. The van der Waals surface area contributed by atoms with Gasteiger partial charge >= 0.3 is 0 Å². The lowest BCUT2D eigenvalue weighted by molar-refractivity contribution is 0.0304. The van der Waals surface area contributed by atoms with Crippen LogP contribution < -0.4 is 0 Å². The fourth-order valence-electron chi connectivity index (χ4n) is 2.82. The van der Waals surface area contributed by atoms with Crippen LogP contribution in [0.25, 0.3) is 16.9 Å². The van der Waals surface area contributed by atoms with Crippen molar-refractivity contribution in [2.24, 2.45) is 0 Å². The Morgan fingerprint density at radius 2 is 1.88 bits per heavy atom. The summed E-state index contributed by atoms with van der Waals surface area (Å²) in [7, 11) is 0. The highest BCUT2D eigenvalue weighted by Gasteiger charge is 2.23. The molecule has 2 aromatic heterocycles. The van der Waals surface area contributed by atoms with Crippen LogP contribution in [0.15, 0.2) is 42.7 Å². The summed E-state index contributed by atoms with van der Waals surface area (Å²) in [6.07, 6.45) is 3.27. The van der Waals surface area contributed by atoms with Crippen LogP contribution in [0.1, 0.15) is 10.4 Å². The van der Waals surface area contributed by atoms with Crippen molar-refractivity contribution in [2.75, 3.05) is 26.3 Å². The van der Waals surface area contributed by atoms with Gasteiger partial charge in [-0.25, -0.2) is 9.50 Å². The molecule has 0 aliphatic carbocycles. The summed E-state index contributed by atoms with van der Waals surface area (Å²) in [6.45, 7) is 2.31. The van der Waals surface area contributed by atoms with E-state index in [-0.39, 0.29) is 5.91 Å². The van der Waals surface area contributed by atoms with Gasteiger partial charge in [-0.1, -0.05) is 23.7 Å². The lowest BCUT2D eigenvalue weighted by atomic mass is 10.1. The minimum Gasteiger partial charge on any atom is -0.378 e. The quantitative estimate of drug-likeness (QED) is 0.718. The third-order valence-electron chi connectivity index (χ3n) is 4.07. The van der Waals surface area contributed by atoms with E-state index in [9.17, 15) is 4.79 Å². The molecule has 24 heavy (non-hydrogen) atoms. The van der Waals surface area contributed by atoms with Crippen molar-refractivity contribution in [1.29, 1.82) is 0 Å². The van der Waals surface area contributed by atoms with Gasteiger partial charge < -0.3 is 9.64 Å². The zero-order chi connectivity index (χ0) is 16.5. The predicted octanol–water partition coefficient (Wildman–Crippen LogP) is 2.52. The van der Waals surface area contributed by atoms with E-state index < -0.39 is 0 Å². The van der Waals surface area contributed by atoms with E-state index in [0.717, 1.165) is 11.3 Å². The Kier molecular flexibility index (Phi) is 3.92. The van der Waals surface area contributed by atoms with E-state index in [4.69, 9.17) is 16.3 Å². The summed E-state index contributed by atoms with van der Waals surface area (Å²) in [5.41, 5.74) is 2.88. The van der Waals surface area contributed by atoms with Crippen molar-refractivity contribution in [3.8, 4) is 11.3 Å². The smallest absolute Gasteiger partial charge is 0.259 e.